The molecular weight excluding hydrogens is 374 g/mol. The van der Waals surface area contributed by atoms with Crippen molar-refractivity contribution < 1.29 is 9.59 Å². The van der Waals surface area contributed by atoms with Gasteiger partial charge in [-0.05, 0) is 61.7 Å². The van der Waals surface area contributed by atoms with E-state index in [1.807, 2.05) is 41.1 Å². The van der Waals surface area contributed by atoms with Gasteiger partial charge in [0.25, 0.3) is 5.91 Å². The van der Waals surface area contributed by atoms with Crippen LogP contribution in [0.5, 0.6) is 0 Å². The van der Waals surface area contributed by atoms with Gasteiger partial charge in [-0.3, -0.25) is 9.59 Å². The van der Waals surface area contributed by atoms with Gasteiger partial charge in [0.1, 0.15) is 5.49 Å². The lowest BCUT2D eigenvalue weighted by molar-refractivity contribution is -0.119. The largest absolute Gasteiger partial charge is 0.328 e. The van der Waals surface area contributed by atoms with Crippen molar-refractivity contribution in [2.75, 3.05) is 11.4 Å². The molecule has 5 nitrogen and oxygen atoms in total. The van der Waals surface area contributed by atoms with Crippen LogP contribution in [0.25, 0.3) is 0 Å². The van der Waals surface area contributed by atoms with Gasteiger partial charge in [-0.15, -0.1) is 0 Å². The van der Waals surface area contributed by atoms with E-state index in [1.54, 1.807) is 17.0 Å². The number of anilines is 1. The van der Waals surface area contributed by atoms with Gasteiger partial charge >= 0.3 is 0 Å². The van der Waals surface area contributed by atoms with Crippen LogP contribution in [0.15, 0.2) is 77.9 Å². The Morgan fingerprint density at radius 1 is 0.967 bits per heavy atom. The van der Waals surface area contributed by atoms with Crippen molar-refractivity contribution in [2.24, 2.45) is 4.99 Å². The predicted molar refractivity (Wildman–Crippen MR) is 117 cm³/mol. The zero-order chi connectivity index (χ0) is 20.9. The van der Waals surface area contributed by atoms with E-state index >= 15 is 0 Å². The first kappa shape index (κ1) is 19.8. The average Bonchev–Trinajstić information content (AvgIpc) is 2.77. The van der Waals surface area contributed by atoms with E-state index in [4.69, 9.17) is 0 Å². The van der Waals surface area contributed by atoms with Crippen LogP contribution in [0.3, 0.4) is 0 Å². The highest BCUT2D eigenvalue weighted by Gasteiger charge is 2.19. The van der Waals surface area contributed by atoms with Crippen LogP contribution in [0.2, 0.25) is 0 Å². The van der Waals surface area contributed by atoms with Crippen LogP contribution in [0.1, 0.15) is 40.7 Å². The number of hydrogen-bond acceptors (Lipinski definition) is 2. The van der Waals surface area contributed by atoms with Gasteiger partial charge in [0.2, 0.25) is 5.91 Å². The number of carbonyl (C=O) groups is 2. The Hall–Kier alpha value is -3.47. The number of amides is 2. The molecule has 30 heavy (non-hydrogen) atoms. The van der Waals surface area contributed by atoms with Crippen LogP contribution < -0.4 is 10.4 Å². The second-order valence-electron chi connectivity index (χ2n) is 7.64. The lowest BCUT2D eigenvalue weighted by Gasteiger charge is -2.26. The van der Waals surface area contributed by atoms with Crippen LogP contribution in [-0.2, 0) is 11.3 Å². The summed E-state index contributed by atoms with van der Waals surface area (Å²) in [5, 5.41) is 0. The molecule has 1 aliphatic heterocycles. The summed E-state index contributed by atoms with van der Waals surface area (Å²) < 4.78 is 1.96. The van der Waals surface area contributed by atoms with Gasteiger partial charge in [-0.25, -0.2) is 0 Å². The summed E-state index contributed by atoms with van der Waals surface area (Å²) in [5.74, 6) is -0.151. The molecule has 0 saturated carbocycles. The van der Waals surface area contributed by atoms with E-state index in [1.165, 1.54) is 5.56 Å². The highest BCUT2D eigenvalue weighted by molar-refractivity contribution is 5.97. The highest BCUT2D eigenvalue weighted by atomic mass is 16.2. The van der Waals surface area contributed by atoms with Crippen LogP contribution in [0, 0.1) is 6.92 Å². The average molecular weight is 399 g/mol. The molecule has 0 radical (unpaired) electrons. The summed E-state index contributed by atoms with van der Waals surface area (Å²) in [6.07, 6.45) is 4.48. The summed E-state index contributed by atoms with van der Waals surface area (Å²) in [6.45, 7) is 3.44. The molecule has 1 saturated heterocycles. The molecule has 1 aromatic heterocycles. The van der Waals surface area contributed by atoms with Crippen molar-refractivity contribution in [3.8, 4) is 0 Å². The fourth-order valence-electron chi connectivity index (χ4n) is 3.62. The lowest BCUT2D eigenvalue weighted by atomic mass is 10.1. The highest BCUT2D eigenvalue weighted by Crippen LogP contribution is 2.21. The molecule has 0 unspecified atom stereocenters. The van der Waals surface area contributed by atoms with Gasteiger partial charge in [0.15, 0.2) is 0 Å². The summed E-state index contributed by atoms with van der Waals surface area (Å²) in [5.41, 5.74) is 4.32. The Labute approximate surface area is 176 Å². The van der Waals surface area contributed by atoms with Crippen molar-refractivity contribution >= 4 is 17.5 Å². The van der Waals surface area contributed by atoms with Crippen LogP contribution in [0.4, 0.5) is 5.69 Å². The fourth-order valence-corrected chi connectivity index (χ4v) is 3.62. The van der Waals surface area contributed by atoms with E-state index in [0.29, 0.717) is 24.0 Å². The number of aromatic nitrogens is 1. The van der Waals surface area contributed by atoms with Gasteiger partial charge in [0.05, 0.1) is 0 Å². The monoisotopic (exact) mass is 399 g/mol. The molecule has 4 rings (SSSR count). The van der Waals surface area contributed by atoms with E-state index in [2.05, 4.69) is 36.2 Å². The first-order valence-corrected chi connectivity index (χ1v) is 10.3. The third-order valence-electron chi connectivity index (χ3n) is 5.36. The molecule has 0 spiro atoms. The summed E-state index contributed by atoms with van der Waals surface area (Å²) in [4.78, 5) is 31.0. The molecule has 1 aliphatic rings. The minimum atomic E-state index is -0.296. The Morgan fingerprint density at radius 3 is 2.47 bits per heavy atom. The predicted octanol–water partition coefficient (Wildman–Crippen LogP) is 4.10. The molecule has 1 fully saturated rings. The van der Waals surface area contributed by atoms with Gasteiger partial charge in [-0.2, -0.15) is 4.99 Å². The molecule has 152 valence electrons. The smallest absolute Gasteiger partial charge is 0.278 e. The van der Waals surface area contributed by atoms with Crippen molar-refractivity contribution in [2.45, 2.75) is 32.7 Å². The zero-order valence-electron chi connectivity index (χ0n) is 17.1. The lowest BCUT2D eigenvalue weighted by Crippen LogP contribution is -2.35. The first-order chi connectivity index (χ1) is 14.6. The standard InChI is InChI=1S/C25H25N3O2/c1-19-8-10-20(11-9-19)18-27-16-4-2-6-23(27)26-25(30)21-12-14-22(15-13-21)28-17-5-3-7-24(28)29/h2,4,6,8-16H,3,5,7,17-18H2,1H3. The Balaban J connectivity index is 1.55. The van der Waals surface area contributed by atoms with E-state index in [-0.39, 0.29) is 11.8 Å². The van der Waals surface area contributed by atoms with E-state index < -0.39 is 0 Å². The maximum Gasteiger partial charge on any atom is 0.278 e. The summed E-state index contributed by atoms with van der Waals surface area (Å²) in [7, 11) is 0. The number of rotatable bonds is 4. The van der Waals surface area contributed by atoms with E-state index in [0.717, 1.165) is 30.6 Å². The normalized spacial score (nSPS) is 14.8. The molecule has 0 N–H and O–H groups in total. The molecule has 2 aromatic carbocycles. The Morgan fingerprint density at radius 2 is 1.73 bits per heavy atom. The summed E-state index contributed by atoms with van der Waals surface area (Å²) in [6, 6.07) is 21.1. The van der Waals surface area contributed by atoms with Crippen LogP contribution in [-0.4, -0.2) is 22.9 Å². The van der Waals surface area contributed by atoms with Crippen molar-refractivity contribution in [1.29, 1.82) is 0 Å². The first-order valence-electron chi connectivity index (χ1n) is 10.3. The number of piperidine rings is 1. The number of aryl methyl sites for hydroxylation is 1. The number of pyridine rings is 1. The maximum atomic E-state index is 12.8. The summed E-state index contributed by atoms with van der Waals surface area (Å²) >= 11 is 0. The Bertz CT molecular complexity index is 1110. The number of carbonyl (C=O) groups excluding carboxylic acids is 2. The minimum Gasteiger partial charge on any atom is -0.328 e. The van der Waals surface area contributed by atoms with Crippen molar-refractivity contribution in [3.05, 3.63) is 95.1 Å². The SMILES string of the molecule is Cc1ccc(Cn2ccccc2=NC(=O)c2ccc(N3CCCCC3=O)cc2)cc1. The van der Waals surface area contributed by atoms with Gasteiger partial charge in [-0.1, -0.05) is 35.9 Å². The molecule has 0 bridgehead atoms. The molecule has 0 atom stereocenters. The van der Waals surface area contributed by atoms with Gasteiger partial charge in [0, 0.05) is 37.0 Å². The molecule has 2 heterocycles. The van der Waals surface area contributed by atoms with Gasteiger partial charge < -0.3 is 9.47 Å². The molecule has 5 heteroatoms. The second kappa shape index (κ2) is 8.91. The third kappa shape index (κ3) is 4.57. The van der Waals surface area contributed by atoms with Crippen molar-refractivity contribution in [3.63, 3.8) is 0 Å². The number of benzene rings is 2. The molecule has 3 aromatic rings. The number of nitrogens with zero attached hydrogens (tertiary/aromatic N) is 3. The van der Waals surface area contributed by atoms with Crippen LogP contribution >= 0.6 is 0 Å². The van der Waals surface area contributed by atoms with Crippen molar-refractivity contribution in [1.82, 2.24) is 4.57 Å². The quantitative estimate of drug-likeness (QED) is 0.663. The van der Waals surface area contributed by atoms with E-state index in [9.17, 15) is 9.59 Å². The number of hydrogen-bond donors (Lipinski definition) is 0. The molecule has 0 aliphatic carbocycles. The molecular formula is C25H25N3O2. The Kier molecular flexibility index (Phi) is 5.89. The third-order valence-corrected chi connectivity index (χ3v) is 5.36. The zero-order valence-corrected chi connectivity index (χ0v) is 17.1. The second-order valence-corrected chi connectivity index (χ2v) is 7.64. The molecule has 2 amide bonds. The minimum absolute atomic E-state index is 0.145. The maximum absolute atomic E-state index is 12.8. The fraction of sp³-hybridized carbons (Fsp3) is 0.240. The topological polar surface area (TPSA) is 54.7 Å².